The van der Waals surface area contributed by atoms with E-state index in [1.54, 1.807) is 0 Å². The van der Waals surface area contributed by atoms with E-state index in [4.69, 9.17) is 16.9 Å². The highest BCUT2D eigenvalue weighted by Crippen LogP contribution is 2.33. The lowest BCUT2D eigenvalue weighted by Crippen LogP contribution is -2.42. The summed E-state index contributed by atoms with van der Waals surface area (Å²) < 4.78 is 0. The Morgan fingerprint density at radius 2 is 1.89 bits per heavy atom. The Morgan fingerprint density at radius 3 is 2.44 bits per heavy atom. The molecule has 1 aliphatic rings. The molecule has 0 radical (unpaired) electrons. The van der Waals surface area contributed by atoms with Gasteiger partial charge in [0, 0.05) is 31.1 Å². The van der Waals surface area contributed by atoms with Crippen molar-refractivity contribution in [3.05, 3.63) is 34.9 Å². The van der Waals surface area contributed by atoms with Crippen LogP contribution in [0.3, 0.4) is 0 Å². The van der Waals surface area contributed by atoms with Crippen LogP contribution in [0.5, 0.6) is 0 Å². The van der Waals surface area contributed by atoms with Gasteiger partial charge in [0.05, 0.1) is 11.7 Å². The molecule has 1 saturated heterocycles. The SMILES string of the molecule is N#CCCN1CCC(O)(c2ccc(Cl)cc2)CC1. The third-order valence-electron chi connectivity index (χ3n) is 3.60. The minimum atomic E-state index is -0.742. The number of nitriles is 1. The molecule has 1 aliphatic heterocycles. The predicted octanol–water partition coefficient (Wildman–Crippen LogP) is 2.54. The Hall–Kier alpha value is -1.08. The zero-order chi connectivity index (χ0) is 13.0. The molecule has 0 aliphatic carbocycles. The van der Waals surface area contributed by atoms with Crippen molar-refractivity contribution in [2.24, 2.45) is 0 Å². The second-order valence-electron chi connectivity index (χ2n) is 4.79. The van der Waals surface area contributed by atoms with Crippen molar-refractivity contribution in [2.45, 2.75) is 24.9 Å². The van der Waals surface area contributed by atoms with E-state index in [1.165, 1.54) is 0 Å². The van der Waals surface area contributed by atoms with Crippen LogP contribution >= 0.6 is 11.6 Å². The normalized spacial score (nSPS) is 19.4. The Morgan fingerprint density at radius 1 is 1.28 bits per heavy atom. The summed E-state index contributed by atoms with van der Waals surface area (Å²) in [5, 5.41) is 19.9. The van der Waals surface area contributed by atoms with E-state index in [0.29, 0.717) is 24.3 Å². The maximum Gasteiger partial charge on any atom is 0.0920 e. The zero-order valence-corrected chi connectivity index (χ0v) is 11.0. The lowest BCUT2D eigenvalue weighted by molar-refractivity contribution is -0.0253. The third-order valence-corrected chi connectivity index (χ3v) is 3.86. The molecule has 1 heterocycles. The fourth-order valence-corrected chi connectivity index (χ4v) is 2.53. The topological polar surface area (TPSA) is 47.3 Å². The van der Waals surface area contributed by atoms with Gasteiger partial charge in [-0.15, -0.1) is 0 Å². The maximum atomic E-state index is 10.6. The van der Waals surface area contributed by atoms with Crippen molar-refractivity contribution in [1.82, 2.24) is 4.90 Å². The van der Waals surface area contributed by atoms with Crippen LogP contribution in [-0.4, -0.2) is 29.6 Å². The lowest BCUT2D eigenvalue weighted by atomic mass is 9.84. The summed E-state index contributed by atoms with van der Waals surface area (Å²) in [6.07, 6.45) is 1.97. The fourth-order valence-electron chi connectivity index (χ4n) is 2.40. The smallest absolute Gasteiger partial charge is 0.0920 e. The number of aliphatic hydroxyl groups is 1. The summed E-state index contributed by atoms with van der Waals surface area (Å²) >= 11 is 5.86. The summed E-state index contributed by atoms with van der Waals surface area (Å²) in [5.74, 6) is 0. The molecule has 2 rings (SSSR count). The van der Waals surface area contributed by atoms with Gasteiger partial charge >= 0.3 is 0 Å². The number of hydrogen-bond donors (Lipinski definition) is 1. The Bertz CT molecular complexity index is 430. The van der Waals surface area contributed by atoms with E-state index in [2.05, 4.69) is 11.0 Å². The van der Waals surface area contributed by atoms with Crippen LogP contribution in [0.25, 0.3) is 0 Å². The van der Waals surface area contributed by atoms with Crippen LogP contribution in [-0.2, 0) is 5.60 Å². The Kier molecular flexibility index (Phi) is 4.23. The molecule has 0 bridgehead atoms. The average Bonchev–Trinajstić information content (AvgIpc) is 2.39. The number of halogens is 1. The summed E-state index contributed by atoms with van der Waals surface area (Å²) in [5.41, 5.74) is 0.195. The molecular formula is C14H17ClN2O. The molecule has 1 aromatic carbocycles. The summed E-state index contributed by atoms with van der Waals surface area (Å²) in [6, 6.07) is 9.58. The molecule has 0 aromatic heterocycles. The minimum Gasteiger partial charge on any atom is -0.385 e. The van der Waals surface area contributed by atoms with E-state index >= 15 is 0 Å². The molecule has 1 N–H and O–H groups in total. The number of piperidine rings is 1. The standard InChI is InChI=1S/C14H17ClN2O/c15-13-4-2-12(3-5-13)14(18)6-10-17(11-7-14)9-1-8-16/h2-5,18H,1,6-7,9-11H2. The molecule has 0 unspecified atom stereocenters. The molecule has 3 nitrogen and oxygen atoms in total. The molecule has 0 spiro atoms. The van der Waals surface area contributed by atoms with Gasteiger partial charge in [0.25, 0.3) is 0 Å². The van der Waals surface area contributed by atoms with Crippen molar-refractivity contribution in [2.75, 3.05) is 19.6 Å². The van der Waals surface area contributed by atoms with Gasteiger partial charge in [-0.1, -0.05) is 23.7 Å². The van der Waals surface area contributed by atoms with Crippen molar-refractivity contribution in [3.8, 4) is 6.07 Å². The fraction of sp³-hybridized carbons (Fsp3) is 0.500. The van der Waals surface area contributed by atoms with E-state index in [1.807, 2.05) is 24.3 Å². The van der Waals surface area contributed by atoms with Gasteiger partial charge in [0.15, 0.2) is 0 Å². The lowest BCUT2D eigenvalue weighted by Gasteiger charge is -2.38. The number of likely N-dealkylation sites (tertiary alicyclic amines) is 1. The molecular weight excluding hydrogens is 248 g/mol. The van der Waals surface area contributed by atoms with Crippen LogP contribution in [0.4, 0.5) is 0 Å². The highest BCUT2D eigenvalue weighted by molar-refractivity contribution is 6.30. The quantitative estimate of drug-likeness (QED) is 0.913. The maximum absolute atomic E-state index is 10.6. The average molecular weight is 265 g/mol. The van der Waals surface area contributed by atoms with E-state index in [9.17, 15) is 5.11 Å². The van der Waals surface area contributed by atoms with Crippen molar-refractivity contribution in [3.63, 3.8) is 0 Å². The summed E-state index contributed by atoms with van der Waals surface area (Å²) in [4.78, 5) is 2.23. The second kappa shape index (κ2) is 5.71. The largest absolute Gasteiger partial charge is 0.385 e. The van der Waals surface area contributed by atoms with Gasteiger partial charge in [-0.2, -0.15) is 5.26 Å². The Labute approximate surface area is 113 Å². The van der Waals surface area contributed by atoms with Crippen LogP contribution in [0.15, 0.2) is 24.3 Å². The molecule has 96 valence electrons. The van der Waals surface area contributed by atoms with Crippen LogP contribution in [0.1, 0.15) is 24.8 Å². The monoisotopic (exact) mass is 264 g/mol. The summed E-state index contributed by atoms with van der Waals surface area (Å²) in [6.45, 7) is 2.47. The van der Waals surface area contributed by atoms with E-state index in [-0.39, 0.29) is 0 Å². The molecule has 4 heteroatoms. The van der Waals surface area contributed by atoms with E-state index in [0.717, 1.165) is 25.2 Å². The first-order chi connectivity index (χ1) is 8.64. The number of hydrogen-bond acceptors (Lipinski definition) is 3. The van der Waals surface area contributed by atoms with Gasteiger partial charge < -0.3 is 10.0 Å². The molecule has 18 heavy (non-hydrogen) atoms. The van der Waals surface area contributed by atoms with Gasteiger partial charge in [-0.25, -0.2) is 0 Å². The number of benzene rings is 1. The van der Waals surface area contributed by atoms with Crippen molar-refractivity contribution < 1.29 is 5.11 Å². The van der Waals surface area contributed by atoms with Gasteiger partial charge in [0.2, 0.25) is 0 Å². The molecule has 0 amide bonds. The van der Waals surface area contributed by atoms with Gasteiger partial charge in [0.1, 0.15) is 0 Å². The first-order valence-electron chi connectivity index (χ1n) is 6.22. The van der Waals surface area contributed by atoms with Crippen molar-refractivity contribution >= 4 is 11.6 Å². The highest BCUT2D eigenvalue weighted by atomic mass is 35.5. The third kappa shape index (κ3) is 3.02. The minimum absolute atomic E-state index is 0.555. The van der Waals surface area contributed by atoms with Crippen LogP contribution in [0.2, 0.25) is 5.02 Å². The Balaban J connectivity index is 1.99. The number of nitrogens with zero attached hydrogens (tertiary/aromatic N) is 2. The molecule has 1 aromatic rings. The zero-order valence-electron chi connectivity index (χ0n) is 10.3. The van der Waals surface area contributed by atoms with E-state index < -0.39 is 5.60 Å². The van der Waals surface area contributed by atoms with Crippen LogP contribution in [0, 0.1) is 11.3 Å². The summed E-state index contributed by atoms with van der Waals surface area (Å²) in [7, 11) is 0. The van der Waals surface area contributed by atoms with Gasteiger partial charge in [-0.05, 0) is 30.5 Å². The van der Waals surface area contributed by atoms with Crippen molar-refractivity contribution in [1.29, 1.82) is 5.26 Å². The molecule has 0 atom stereocenters. The first-order valence-corrected chi connectivity index (χ1v) is 6.59. The second-order valence-corrected chi connectivity index (χ2v) is 5.22. The molecule has 1 fully saturated rings. The number of rotatable bonds is 3. The van der Waals surface area contributed by atoms with Gasteiger partial charge in [-0.3, -0.25) is 0 Å². The first kappa shape index (κ1) is 13.4. The predicted molar refractivity (Wildman–Crippen MR) is 71.3 cm³/mol. The van der Waals surface area contributed by atoms with Crippen LogP contribution < -0.4 is 0 Å². The highest BCUT2D eigenvalue weighted by Gasteiger charge is 2.33. The molecule has 0 saturated carbocycles.